The van der Waals surface area contributed by atoms with Crippen LogP contribution in [-0.2, 0) is 27.4 Å². The number of hydrogen-bond acceptors (Lipinski definition) is 4. The fraction of sp³-hybridized carbons (Fsp3) is 0.455. The van der Waals surface area contributed by atoms with Crippen molar-refractivity contribution in [3.8, 4) is 0 Å². The van der Waals surface area contributed by atoms with Gasteiger partial charge in [-0.15, -0.1) is 0 Å². The molecule has 5 nitrogen and oxygen atoms in total. The molecule has 0 aliphatic carbocycles. The van der Waals surface area contributed by atoms with Crippen molar-refractivity contribution >= 4 is 20.8 Å². The van der Waals surface area contributed by atoms with Crippen LogP contribution in [0.5, 0.6) is 0 Å². The third kappa shape index (κ3) is 4.16. The topological polar surface area (TPSA) is 89.3 Å². The normalized spacial score (nSPS) is 13.5. The summed E-state index contributed by atoms with van der Waals surface area (Å²) in [5, 5.41) is 0. The molecule has 0 aliphatic heterocycles. The summed E-state index contributed by atoms with van der Waals surface area (Å²) in [6.07, 6.45) is 1.54. The van der Waals surface area contributed by atoms with Gasteiger partial charge in [0.05, 0.1) is 4.90 Å². The summed E-state index contributed by atoms with van der Waals surface area (Å²) in [5.74, 6) is 0.305. The number of nitrogens with one attached hydrogen (secondary N) is 1. The molecule has 0 radical (unpaired) electrons. The number of rotatable bonds is 6. The maximum atomic E-state index is 11.9. The van der Waals surface area contributed by atoms with Crippen LogP contribution in [0.15, 0.2) is 23.1 Å². The van der Waals surface area contributed by atoms with Crippen molar-refractivity contribution in [1.29, 1.82) is 0 Å². The summed E-state index contributed by atoms with van der Waals surface area (Å²) < 4.78 is 37.1. The number of aryl methyl sites for hydroxylation is 1. The van der Waals surface area contributed by atoms with E-state index in [2.05, 4.69) is 4.72 Å². The maximum absolute atomic E-state index is 11.9. The van der Waals surface area contributed by atoms with Crippen molar-refractivity contribution < 1.29 is 12.6 Å². The van der Waals surface area contributed by atoms with Crippen molar-refractivity contribution in [2.24, 2.45) is 5.73 Å². The molecule has 0 spiro atoms. The summed E-state index contributed by atoms with van der Waals surface area (Å²) >= 11 is 0. The maximum Gasteiger partial charge on any atom is 0.240 e. The van der Waals surface area contributed by atoms with E-state index in [0.717, 1.165) is 11.1 Å². The van der Waals surface area contributed by atoms with E-state index in [4.69, 9.17) is 5.73 Å². The van der Waals surface area contributed by atoms with Gasteiger partial charge in [-0.2, -0.15) is 0 Å². The van der Waals surface area contributed by atoms with Crippen LogP contribution >= 0.6 is 0 Å². The van der Waals surface area contributed by atoms with Crippen molar-refractivity contribution in [3.63, 3.8) is 0 Å². The van der Waals surface area contributed by atoms with Gasteiger partial charge in [0, 0.05) is 35.9 Å². The number of benzene rings is 1. The van der Waals surface area contributed by atoms with Gasteiger partial charge in [-0.3, -0.25) is 4.21 Å². The molecule has 0 saturated carbocycles. The molecule has 0 amide bonds. The van der Waals surface area contributed by atoms with E-state index in [0.29, 0.717) is 12.3 Å². The Morgan fingerprint density at radius 3 is 2.56 bits per heavy atom. The van der Waals surface area contributed by atoms with E-state index < -0.39 is 20.8 Å². The van der Waals surface area contributed by atoms with E-state index in [1.54, 1.807) is 12.1 Å². The summed E-state index contributed by atoms with van der Waals surface area (Å²) in [6.45, 7) is 2.37. The van der Waals surface area contributed by atoms with E-state index in [1.165, 1.54) is 12.3 Å². The van der Waals surface area contributed by atoms with Crippen LogP contribution < -0.4 is 10.5 Å². The number of sulfonamides is 1. The Morgan fingerprint density at radius 2 is 2.06 bits per heavy atom. The molecule has 0 aliphatic rings. The molecule has 0 aromatic heterocycles. The second-order valence-corrected chi connectivity index (χ2v) is 7.29. The highest BCUT2D eigenvalue weighted by molar-refractivity contribution is 7.89. The standard InChI is InChI=1S/C11H18N2O3S2/c1-9-7-11(4-3-10(9)8-12)18(15,16)13-5-6-17(2)14/h3-4,7,13H,5-6,8,12H2,1-2H3. The van der Waals surface area contributed by atoms with Gasteiger partial charge in [-0.05, 0) is 30.2 Å². The van der Waals surface area contributed by atoms with Crippen molar-refractivity contribution in [1.82, 2.24) is 4.72 Å². The highest BCUT2D eigenvalue weighted by Gasteiger charge is 2.14. The lowest BCUT2D eigenvalue weighted by atomic mass is 10.1. The molecule has 0 fully saturated rings. The van der Waals surface area contributed by atoms with Crippen LogP contribution in [0.2, 0.25) is 0 Å². The Kier molecular flexibility index (Phi) is 5.46. The largest absolute Gasteiger partial charge is 0.326 e. The highest BCUT2D eigenvalue weighted by atomic mass is 32.2. The van der Waals surface area contributed by atoms with Gasteiger partial charge < -0.3 is 5.73 Å². The van der Waals surface area contributed by atoms with Gasteiger partial charge in [0.1, 0.15) is 0 Å². The minimum atomic E-state index is -3.53. The molecular formula is C11H18N2O3S2. The Balaban J connectivity index is 2.85. The second kappa shape index (κ2) is 6.42. The van der Waals surface area contributed by atoms with E-state index in [-0.39, 0.29) is 11.4 Å². The summed E-state index contributed by atoms with van der Waals surface area (Å²) in [6, 6.07) is 4.83. The van der Waals surface area contributed by atoms with Gasteiger partial charge in [0.2, 0.25) is 10.0 Å². The van der Waals surface area contributed by atoms with Gasteiger partial charge in [-0.1, -0.05) is 6.07 Å². The lowest BCUT2D eigenvalue weighted by Gasteiger charge is -2.09. The summed E-state index contributed by atoms with van der Waals surface area (Å²) in [7, 11) is -4.54. The fourth-order valence-corrected chi connectivity index (χ4v) is 3.10. The quantitative estimate of drug-likeness (QED) is 0.778. The molecular weight excluding hydrogens is 272 g/mol. The molecule has 1 aromatic rings. The molecule has 1 aromatic carbocycles. The molecule has 1 atom stereocenters. The van der Waals surface area contributed by atoms with Crippen molar-refractivity contribution in [2.45, 2.75) is 18.4 Å². The van der Waals surface area contributed by atoms with Crippen molar-refractivity contribution in [3.05, 3.63) is 29.3 Å². The zero-order valence-electron chi connectivity index (χ0n) is 10.5. The number of hydrogen-bond donors (Lipinski definition) is 2. The highest BCUT2D eigenvalue weighted by Crippen LogP contribution is 2.14. The number of nitrogens with two attached hydrogens (primary N) is 1. The molecule has 102 valence electrons. The van der Waals surface area contributed by atoms with E-state index >= 15 is 0 Å². The lowest BCUT2D eigenvalue weighted by molar-refractivity contribution is 0.584. The minimum Gasteiger partial charge on any atom is -0.326 e. The zero-order valence-corrected chi connectivity index (χ0v) is 12.1. The van der Waals surface area contributed by atoms with Gasteiger partial charge in [0.25, 0.3) is 0 Å². The second-order valence-electron chi connectivity index (χ2n) is 3.97. The fourth-order valence-electron chi connectivity index (χ4n) is 1.47. The van der Waals surface area contributed by atoms with Crippen molar-refractivity contribution in [2.75, 3.05) is 18.6 Å². The SMILES string of the molecule is Cc1cc(S(=O)(=O)NCCS(C)=O)ccc1CN. The summed E-state index contributed by atoms with van der Waals surface area (Å²) in [4.78, 5) is 0.207. The molecule has 0 saturated heterocycles. The molecule has 3 N–H and O–H groups in total. The van der Waals surface area contributed by atoms with Crippen LogP contribution in [-0.4, -0.2) is 31.2 Å². The Morgan fingerprint density at radius 1 is 1.39 bits per heavy atom. The first-order valence-corrected chi connectivity index (χ1v) is 8.67. The lowest BCUT2D eigenvalue weighted by Crippen LogP contribution is -2.27. The monoisotopic (exact) mass is 290 g/mol. The Labute approximate surface area is 110 Å². The van der Waals surface area contributed by atoms with Crippen LogP contribution in [0.3, 0.4) is 0 Å². The van der Waals surface area contributed by atoms with Crippen LogP contribution in [0.1, 0.15) is 11.1 Å². The first kappa shape index (κ1) is 15.3. The van der Waals surface area contributed by atoms with Crippen LogP contribution in [0.4, 0.5) is 0 Å². The van der Waals surface area contributed by atoms with Crippen LogP contribution in [0, 0.1) is 6.92 Å². The van der Waals surface area contributed by atoms with Gasteiger partial charge in [0.15, 0.2) is 0 Å². The smallest absolute Gasteiger partial charge is 0.240 e. The van der Waals surface area contributed by atoms with Gasteiger partial charge in [-0.25, -0.2) is 13.1 Å². The predicted octanol–water partition coefficient (Wildman–Crippen LogP) is 0.111. The van der Waals surface area contributed by atoms with Gasteiger partial charge >= 0.3 is 0 Å². The average Bonchev–Trinajstić information content (AvgIpc) is 2.28. The molecule has 0 heterocycles. The first-order chi connectivity index (χ1) is 8.36. The molecule has 7 heteroatoms. The molecule has 0 bridgehead atoms. The van der Waals surface area contributed by atoms with E-state index in [9.17, 15) is 12.6 Å². The molecule has 1 rings (SSSR count). The van der Waals surface area contributed by atoms with E-state index in [1.807, 2.05) is 6.92 Å². The van der Waals surface area contributed by atoms with Crippen LogP contribution in [0.25, 0.3) is 0 Å². The zero-order chi connectivity index (χ0) is 13.8. The third-order valence-electron chi connectivity index (χ3n) is 2.53. The molecule has 1 unspecified atom stereocenters. The Bertz CT molecular complexity index is 541. The minimum absolute atomic E-state index is 0.170. The molecule has 18 heavy (non-hydrogen) atoms. The predicted molar refractivity (Wildman–Crippen MR) is 73.2 cm³/mol. The first-order valence-electron chi connectivity index (χ1n) is 5.46. The third-order valence-corrected chi connectivity index (χ3v) is 4.76. The average molecular weight is 290 g/mol. The Hall–Kier alpha value is -0.760. The summed E-state index contributed by atoms with van der Waals surface area (Å²) in [5.41, 5.74) is 7.29.